The summed E-state index contributed by atoms with van der Waals surface area (Å²) in [6.07, 6.45) is 2.44. The van der Waals surface area contributed by atoms with Gasteiger partial charge >= 0.3 is 0 Å². The minimum absolute atomic E-state index is 0.228. The number of hydrogen-bond donors (Lipinski definition) is 1. The van der Waals surface area contributed by atoms with Crippen LogP contribution in [0.2, 0.25) is 0 Å². The quantitative estimate of drug-likeness (QED) is 0.729. The summed E-state index contributed by atoms with van der Waals surface area (Å²) in [5, 5.41) is 0. The molecule has 0 aromatic rings. The van der Waals surface area contributed by atoms with E-state index in [-0.39, 0.29) is 5.54 Å². The van der Waals surface area contributed by atoms with Gasteiger partial charge in [-0.25, -0.2) is 0 Å². The van der Waals surface area contributed by atoms with Gasteiger partial charge in [-0.1, -0.05) is 20.8 Å². The van der Waals surface area contributed by atoms with E-state index >= 15 is 0 Å². The van der Waals surface area contributed by atoms with Gasteiger partial charge < -0.3 is 15.5 Å². The number of likely N-dealkylation sites (tertiary alicyclic amines) is 1. The zero-order valence-electron chi connectivity index (χ0n) is 14.4. The zero-order chi connectivity index (χ0) is 15.2. The first-order chi connectivity index (χ1) is 9.43. The SMILES string of the molecule is CCN1CCC(CN)(N(CCN(C)C)CC(C)C)CC1. The maximum atomic E-state index is 6.23. The standard InChI is InChI=1S/C16H36N4/c1-6-19-9-7-16(14-17,8-10-19)20(13-15(2)3)12-11-18(4)5/h15H,6-14,17H2,1-5H3. The molecule has 4 heteroatoms. The van der Waals surface area contributed by atoms with E-state index in [0.29, 0.717) is 5.92 Å². The molecule has 0 aromatic carbocycles. The number of rotatable bonds is 8. The molecule has 2 N–H and O–H groups in total. The Balaban J connectivity index is 2.73. The lowest BCUT2D eigenvalue weighted by molar-refractivity contribution is 0.0167. The first-order valence-corrected chi connectivity index (χ1v) is 8.25. The van der Waals surface area contributed by atoms with Gasteiger partial charge in [0.25, 0.3) is 0 Å². The molecule has 1 saturated heterocycles. The molecule has 0 bridgehead atoms. The van der Waals surface area contributed by atoms with Gasteiger partial charge in [0.2, 0.25) is 0 Å². The van der Waals surface area contributed by atoms with Gasteiger partial charge in [-0.2, -0.15) is 0 Å². The summed E-state index contributed by atoms with van der Waals surface area (Å²) in [7, 11) is 4.31. The third-order valence-electron chi connectivity index (χ3n) is 4.69. The Hall–Kier alpha value is -0.160. The Morgan fingerprint density at radius 1 is 1.15 bits per heavy atom. The van der Waals surface area contributed by atoms with E-state index in [0.717, 1.165) is 26.2 Å². The van der Waals surface area contributed by atoms with Crippen LogP contribution in [0.3, 0.4) is 0 Å². The summed E-state index contributed by atoms with van der Waals surface area (Å²) in [4.78, 5) is 7.51. The molecule has 1 rings (SSSR count). The average Bonchev–Trinajstić information content (AvgIpc) is 2.43. The van der Waals surface area contributed by atoms with Crippen LogP contribution in [-0.2, 0) is 0 Å². The fourth-order valence-corrected chi connectivity index (χ4v) is 3.22. The molecule has 1 aliphatic rings. The van der Waals surface area contributed by atoms with E-state index in [1.54, 1.807) is 0 Å². The van der Waals surface area contributed by atoms with Crippen molar-refractivity contribution in [1.82, 2.24) is 14.7 Å². The molecule has 1 fully saturated rings. The molecule has 0 unspecified atom stereocenters. The van der Waals surface area contributed by atoms with Crippen LogP contribution in [0.5, 0.6) is 0 Å². The molecule has 1 heterocycles. The fraction of sp³-hybridized carbons (Fsp3) is 1.00. The van der Waals surface area contributed by atoms with Crippen LogP contribution in [0.25, 0.3) is 0 Å². The van der Waals surface area contributed by atoms with Crippen molar-refractivity contribution in [2.24, 2.45) is 11.7 Å². The van der Waals surface area contributed by atoms with Gasteiger partial charge in [0, 0.05) is 31.7 Å². The second-order valence-electron chi connectivity index (χ2n) is 7.01. The lowest BCUT2D eigenvalue weighted by atomic mass is 9.84. The van der Waals surface area contributed by atoms with Crippen LogP contribution < -0.4 is 5.73 Å². The van der Waals surface area contributed by atoms with Crippen molar-refractivity contribution >= 4 is 0 Å². The normalized spacial score (nSPS) is 20.2. The van der Waals surface area contributed by atoms with Crippen LogP contribution in [0.1, 0.15) is 33.6 Å². The monoisotopic (exact) mass is 284 g/mol. The summed E-state index contributed by atoms with van der Waals surface area (Å²) < 4.78 is 0. The number of nitrogens with zero attached hydrogens (tertiary/aromatic N) is 3. The van der Waals surface area contributed by atoms with E-state index in [1.807, 2.05) is 0 Å². The van der Waals surface area contributed by atoms with E-state index in [1.165, 1.54) is 32.5 Å². The van der Waals surface area contributed by atoms with E-state index in [2.05, 4.69) is 49.6 Å². The molecule has 0 aromatic heterocycles. The van der Waals surface area contributed by atoms with Crippen molar-refractivity contribution in [2.75, 3.05) is 59.9 Å². The molecule has 0 radical (unpaired) electrons. The molecule has 20 heavy (non-hydrogen) atoms. The highest BCUT2D eigenvalue weighted by Gasteiger charge is 2.38. The molecule has 0 atom stereocenters. The van der Waals surface area contributed by atoms with Gasteiger partial charge in [0.15, 0.2) is 0 Å². The van der Waals surface area contributed by atoms with E-state index < -0.39 is 0 Å². The third kappa shape index (κ3) is 4.99. The van der Waals surface area contributed by atoms with E-state index in [9.17, 15) is 0 Å². The largest absolute Gasteiger partial charge is 0.329 e. The molecule has 0 amide bonds. The fourth-order valence-electron chi connectivity index (χ4n) is 3.22. The van der Waals surface area contributed by atoms with Crippen LogP contribution in [0.4, 0.5) is 0 Å². The third-order valence-corrected chi connectivity index (χ3v) is 4.69. The summed E-state index contributed by atoms with van der Waals surface area (Å²) in [5.41, 5.74) is 6.46. The lowest BCUT2D eigenvalue weighted by Crippen LogP contribution is -2.61. The summed E-state index contributed by atoms with van der Waals surface area (Å²) in [6.45, 7) is 14.7. The molecular weight excluding hydrogens is 248 g/mol. The van der Waals surface area contributed by atoms with Crippen molar-refractivity contribution in [3.8, 4) is 0 Å². The summed E-state index contributed by atoms with van der Waals surface area (Å²) >= 11 is 0. The van der Waals surface area contributed by atoms with Gasteiger partial charge in [-0.3, -0.25) is 4.90 Å². The average molecular weight is 284 g/mol. The van der Waals surface area contributed by atoms with Gasteiger partial charge in [-0.15, -0.1) is 0 Å². The Morgan fingerprint density at radius 2 is 1.75 bits per heavy atom. The minimum atomic E-state index is 0.228. The maximum absolute atomic E-state index is 6.23. The lowest BCUT2D eigenvalue weighted by Gasteiger charge is -2.49. The van der Waals surface area contributed by atoms with E-state index in [4.69, 9.17) is 5.73 Å². The predicted molar refractivity (Wildman–Crippen MR) is 88.1 cm³/mol. The molecule has 0 spiro atoms. The Kier molecular flexibility index (Phi) is 7.45. The van der Waals surface area contributed by atoms with Crippen LogP contribution in [-0.4, -0.2) is 80.1 Å². The van der Waals surface area contributed by atoms with Gasteiger partial charge in [-0.05, 0) is 52.5 Å². The number of likely N-dealkylation sites (N-methyl/N-ethyl adjacent to an activating group) is 1. The van der Waals surface area contributed by atoms with Gasteiger partial charge in [0.05, 0.1) is 0 Å². The Labute approximate surface area is 126 Å². The molecule has 4 nitrogen and oxygen atoms in total. The van der Waals surface area contributed by atoms with Crippen molar-refractivity contribution in [1.29, 1.82) is 0 Å². The number of nitrogens with two attached hydrogens (primary N) is 1. The second-order valence-corrected chi connectivity index (χ2v) is 7.01. The highest BCUT2D eigenvalue weighted by molar-refractivity contribution is 4.96. The molecular formula is C16H36N4. The molecule has 1 aliphatic heterocycles. The van der Waals surface area contributed by atoms with Crippen molar-refractivity contribution in [2.45, 2.75) is 39.2 Å². The second kappa shape index (κ2) is 8.32. The Morgan fingerprint density at radius 3 is 2.15 bits per heavy atom. The molecule has 0 saturated carbocycles. The smallest absolute Gasteiger partial charge is 0.0356 e. The maximum Gasteiger partial charge on any atom is 0.0356 e. The van der Waals surface area contributed by atoms with Crippen molar-refractivity contribution in [3.05, 3.63) is 0 Å². The Bertz CT molecular complexity index is 257. The highest BCUT2D eigenvalue weighted by atomic mass is 15.3. The zero-order valence-corrected chi connectivity index (χ0v) is 14.4. The van der Waals surface area contributed by atoms with Crippen LogP contribution in [0.15, 0.2) is 0 Å². The summed E-state index contributed by atoms with van der Waals surface area (Å²) in [6, 6.07) is 0. The van der Waals surface area contributed by atoms with Gasteiger partial charge in [0.1, 0.15) is 0 Å². The summed E-state index contributed by atoms with van der Waals surface area (Å²) in [5.74, 6) is 0.699. The topological polar surface area (TPSA) is 35.7 Å². The molecule has 0 aliphatic carbocycles. The minimum Gasteiger partial charge on any atom is -0.329 e. The van der Waals surface area contributed by atoms with Crippen LogP contribution >= 0.6 is 0 Å². The van der Waals surface area contributed by atoms with Crippen LogP contribution in [0, 0.1) is 5.92 Å². The first-order valence-electron chi connectivity index (χ1n) is 8.25. The number of piperidine rings is 1. The predicted octanol–water partition coefficient (Wildman–Crippen LogP) is 1.32. The molecule has 120 valence electrons. The first kappa shape index (κ1) is 17.9. The number of hydrogen-bond acceptors (Lipinski definition) is 4. The van der Waals surface area contributed by atoms with Crippen molar-refractivity contribution in [3.63, 3.8) is 0 Å². The van der Waals surface area contributed by atoms with Crippen molar-refractivity contribution < 1.29 is 0 Å². The highest BCUT2D eigenvalue weighted by Crippen LogP contribution is 2.28.